The van der Waals surface area contributed by atoms with Crippen molar-refractivity contribution < 1.29 is 18.0 Å². The summed E-state index contributed by atoms with van der Waals surface area (Å²) in [7, 11) is 0. The van der Waals surface area contributed by atoms with E-state index in [0.717, 1.165) is 38.1 Å². The van der Waals surface area contributed by atoms with E-state index in [0.29, 0.717) is 5.56 Å². The number of alkyl halides is 3. The topological polar surface area (TPSA) is 41.1 Å². The van der Waals surface area contributed by atoms with E-state index in [1.165, 1.54) is 6.07 Å². The zero-order valence-electron chi connectivity index (χ0n) is 12.2. The Labute approximate surface area is 134 Å². The first-order chi connectivity index (χ1) is 9.88. The third kappa shape index (κ3) is 4.88. The number of hydrogen-bond acceptors (Lipinski definition) is 2. The summed E-state index contributed by atoms with van der Waals surface area (Å²) in [6.07, 6.45) is -2.84. The number of carbonyl (C=O) groups is 1. The van der Waals surface area contributed by atoms with Gasteiger partial charge in [0.25, 0.3) is 0 Å². The Hall–Kier alpha value is -1.27. The van der Waals surface area contributed by atoms with Crippen molar-refractivity contribution in [3.63, 3.8) is 0 Å². The van der Waals surface area contributed by atoms with E-state index in [1.54, 1.807) is 13.0 Å². The van der Waals surface area contributed by atoms with Gasteiger partial charge in [-0.1, -0.05) is 12.1 Å². The average molecular weight is 337 g/mol. The minimum Gasteiger partial charge on any atom is -0.349 e. The molecule has 1 fully saturated rings. The molecule has 2 rings (SSSR count). The molecule has 1 aliphatic heterocycles. The van der Waals surface area contributed by atoms with Crippen LogP contribution in [0.5, 0.6) is 0 Å². The summed E-state index contributed by atoms with van der Waals surface area (Å²) in [5.74, 6) is -0.138. The van der Waals surface area contributed by atoms with Crippen LogP contribution in [0.15, 0.2) is 24.3 Å². The second-order valence-electron chi connectivity index (χ2n) is 5.38. The zero-order chi connectivity index (χ0) is 15.5. The number of nitrogens with one attached hydrogen (secondary N) is 2. The van der Waals surface area contributed by atoms with Gasteiger partial charge in [0.15, 0.2) is 0 Å². The Balaban J connectivity index is 0.00000242. The standard InChI is InChI=1S/C15H19F3N2O.ClH/c1-10(20-14(21)11-5-7-19-8-6-11)12-3-2-4-13(9-12)15(16,17)18;/h2-4,9-11,19H,5-8H2,1H3,(H,20,21);1H. The van der Waals surface area contributed by atoms with Crippen molar-refractivity contribution in [2.24, 2.45) is 5.92 Å². The Morgan fingerprint density at radius 1 is 1.32 bits per heavy atom. The van der Waals surface area contributed by atoms with Crippen LogP contribution in [0.3, 0.4) is 0 Å². The second kappa shape index (κ2) is 7.83. The molecule has 0 aliphatic carbocycles. The fourth-order valence-electron chi connectivity index (χ4n) is 2.48. The molecule has 1 atom stereocenters. The molecule has 2 N–H and O–H groups in total. The molecule has 0 spiro atoms. The number of amides is 1. The lowest BCUT2D eigenvalue weighted by Crippen LogP contribution is -2.39. The molecule has 1 aromatic rings. The van der Waals surface area contributed by atoms with Crippen molar-refractivity contribution in [1.82, 2.24) is 10.6 Å². The van der Waals surface area contributed by atoms with Crippen molar-refractivity contribution in [1.29, 1.82) is 0 Å². The first-order valence-corrected chi connectivity index (χ1v) is 7.06. The Morgan fingerprint density at radius 3 is 2.55 bits per heavy atom. The smallest absolute Gasteiger partial charge is 0.349 e. The van der Waals surface area contributed by atoms with Crippen LogP contribution in [0, 0.1) is 5.92 Å². The maximum Gasteiger partial charge on any atom is 0.416 e. The predicted octanol–water partition coefficient (Wildman–Crippen LogP) is 3.30. The molecule has 124 valence electrons. The van der Waals surface area contributed by atoms with Crippen LogP contribution in [0.25, 0.3) is 0 Å². The largest absolute Gasteiger partial charge is 0.416 e. The summed E-state index contributed by atoms with van der Waals surface area (Å²) in [6, 6.07) is 4.65. The zero-order valence-corrected chi connectivity index (χ0v) is 13.1. The highest BCUT2D eigenvalue weighted by Gasteiger charge is 2.31. The van der Waals surface area contributed by atoms with Gasteiger partial charge in [-0.2, -0.15) is 13.2 Å². The molecule has 1 aromatic carbocycles. The molecule has 22 heavy (non-hydrogen) atoms. The van der Waals surface area contributed by atoms with Gasteiger partial charge < -0.3 is 10.6 Å². The fraction of sp³-hybridized carbons (Fsp3) is 0.533. The lowest BCUT2D eigenvalue weighted by atomic mass is 9.96. The molecule has 0 radical (unpaired) electrons. The first kappa shape index (κ1) is 18.8. The van der Waals surface area contributed by atoms with Crippen LogP contribution in [-0.2, 0) is 11.0 Å². The number of hydrogen-bond donors (Lipinski definition) is 2. The van der Waals surface area contributed by atoms with Gasteiger partial charge in [-0.3, -0.25) is 4.79 Å². The minimum absolute atomic E-state index is 0. The van der Waals surface area contributed by atoms with E-state index < -0.39 is 17.8 Å². The van der Waals surface area contributed by atoms with E-state index in [9.17, 15) is 18.0 Å². The van der Waals surface area contributed by atoms with Gasteiger partial charge in [-0.15, -0.1) is 12.4 Å². The normalized spacial score (nSPS) is 17.5. The summed E-state index contributed by atoms with van der Waals surface area (Å²) in [5, 5.41) is 5.98. The number of rotatable bonds is 3. The molecule has 0 bridgehead atoms. The molecule has 1 unspecified atom stereocenters. The summed E-state index contributed by atoms with van der Waals surface area (Å²) in [4.78, 5) is 12.1. The van der Waals surface area contributed by atoms with Crippen molar-refractivity contribution in [3.05, 3.63) is 35.4 Å². The van der Waals surface area contributed by atoms with Crippen LogP contribution >= 0.6 is 12.4 Å². The highest BCUT2D eigenvalue weighted by Crippen LogP contribution is 2.30. The summed E-state index contributed by atoms with van der Waals surface area (Å²) < 4.78 is 38.1. The van der Waals surface area contributed by atoms with Crippen LogP contribution in [-0.4, -0.2) is 19.0 Å². The highest BCUT2D eigenvalue weighted by molar-refractivity contribution is 5.85. The van der Waals surface area contributed by atoms with Crippen LogP contribution in [0.2, 0.25) is 0 Å². The second-order valence-corrected chi connectivity index (χ2v) is 5.38. The van der Waals surface area contributed by atoms with Gasteiger partial charge in [0.2, 0.25) is 5.91 Å². The quantitative estimate of drug-likeness (QED) is 0.889. The lowest BCUT2D eigenvalue weighted by molar-refractivity contribution is -0.137. The molecule has 1 aliphatic rings. The summed E-state index contributed by atoms with van der Waals surface area (Å²) in [6.45, 7) is 3.31. The first-order valence-electron chi connectivity index (χ1n) is 7.06. The Bertz CT molecular complexity index is 502. The van der Waals surface area contributed by atoms with E-state index in [1.807, 2.05) is 0 Å². The van der Waals surface area contributed by atoms with E-state index >= 15 is 0 Å². The summed E-state index contributed by atoms with van der Waals surface area (Å²) in [5.41, 5.74) is -0.227. The molecule has 1 heterocycles. The number of carbonyl (C=O) groups excluding carboxylic acids is 1. The molecule has 0 saturated carbocycles. The lowest BCUT2D eigenvalue weighted by Gasteiger charge is -2.24. The Kier molecular flexibility index (Phi) is 6.68. The molecule has 3 nitrogen and oxygen atoms in total. The molecular formula is C15H20ClF3N2O. The monoisotopic (exact) mass is 336 g/mol. The maximum atomic E-state index is 12.7. The molecule has 1 saturated heterocycles. The van der Waals surface area contributed by atoms with Gasteiger partial charge in [0.1, 0.15) is 0 Å². The maximum absolute atomic E-state index is 12.7. The average Bonchev–Trinajstić information content (AvgIpc) is 2.47. The minimum atomic E-state index is -4.37. The van der Waals surface area contributed by atoms with Crippen molar-refractivity contribution in [2.75, 3.05) is 13.1 Å². The fourth-order valence-corrected chi connectivity index (χ4v) is 2.48. The van der Waals surface area contributed by atoms with Crippen molar-refractivity contribution in [2.45, 2.75) is 32.0 Å². The van der Waals surface area contributed by atoms with Gasteiger partial charge in [-0.05, 0) is 50.6 Å². The van der Waals surface area contributed by atoms with Crippen LogP contribution in [0.4, 0.5) is 13.2 Å². The molecular weight excluding hydrogens is 317 g/mol. The van der Waals surface area contributed by atoms with Gasteiger partial charge >= 0.3 is 6.18 Å². The molecule has 1 amide bonds. The van der Waals surface area contributed by atoms with Crippen LogP contribution in [0.1, 0.15) is 36.9 Å². The van der Waals surface area contributed by atoms with E-state index in [4.69, 9.17) is 0 Å². The van der Waals surface area contributed by atoms with Gasteiger partial charge in [0.05, 0.1) is 11.6 Å². The third-order valence-corrected chi connectivity index (χ3v) is 3.78. The number of piperidine rings is 1. The van der Waals surface area contributed by atoms with Gasteiger partial charge in [-0.25, -0.2) is 0 Å². The SMILES string of the molecule is CC(NC(=O)C1CCNCC1)c1cccc(C(F)(F)F)c1.Cl. The van der Waals surface area contributed by atoms with E-state index in [2.05, 4.69) is 10.6 Å². The number of halogens is 4. The number of benzene rings is 1. The Morgan fingerprint density at radius 2 is 1.95 bits per heavy atom. The van der Waals surface area contributed by atoms with Crippen molar-refractivity contribution in [3.8, 4) is 0 Å². The summed E-state index contributed by atoms with van der Waals surface area (Å²) >= 11 is 0. The van der Waals surface area contributed by atoms with E-state index in [-0.39, 0.29) is 24.2 Å². The van der Waals surface area contributed by atoms with Crippen molar-refractivity contribution >= 4 is 18.3 Å². The third-order valence-electron chi connectivity index (χ3n) is 3.78. The van der Waals surface area contributed by atoms with Crippen LogP contribution < -0.4 is 10.6 Å². The highest BCUT2D eigenvalue weighted by atomic mass is 35.5. The van der Waals surface area contributed by atoms with Gasteiger partial charge in [0, 0.05) is 5.92 Å². The predicted molar refractivity (Wildman–Crippen MR) is 80.8 cm³/mol. The molecule has 0 aromatic heterocycles. The molecule has 7 heteroatoms.